The van der Waals surface area contributed by atoms with Gasteiger partial charge < -0.3 is 4.90 Å². The molecule has 2 aromatic rings. The van der Waals surface area contributed by atoms with Gasteiger partial charge in [0.1, 0.15) is 11.6 Å². The van der Waals surface area contributed by atoms with E-state index in [-0.39, 0.29) is 16.9 Å². The maximum atomic E-state index is 13.9. The second-order valence-electron chi connectivity index (χ2n) is 7.94. The lowest BCUT2D eigenvalue weighted by molar-refractivity contribution is 0.0756. The lowest BCUT2D eigenvalue weighted by Gasteiger charge is -2.22. The third kappa shape index (κ3) is 4.90. The number of aromatic nitrogens is 1. The van der Waals surface area contributed by atoms with Gasteiger partial charge in [-0.05, 0) is 18.6 Å². The van der Waals surface area contributed by atoms with Gasteiger partial charge in [0.05, 0.1) is 16.3 Å². The first-order valence-corrected chi connectivity index (χ1v) is 10.0. The van der Waals surface area contributed by atoms with E-state index >= 15 is 0 Å². The van der Waals surface area contributed by atoms with Gasteiger partial charge in [0.15, 0.2) is 0 Å². The normalized spacial score (nSPS) is 16.4. The minimum atomic E-state index is -0.807. The molecule has 0 aliphatic carbocycles. The minimum absolute atomic E-state index is 0.0458. The number of carbonyl (C=O) groups excluding carboxylic acids is 1. The van der Waals surface area contributed by atoms with Crippen molar-refractivity contribution >= 4 is 17.2 Å². The predicted octanol–water partition coefficient (Wildman–Crippen LogP) is 4.07. The molecule has 0 N–H and O–H groups in total. The van der Waals surface area contributed by atoms with Crippen molar-refractivity contribution in [3.63, 3.8) is 0 Å². The Morgan fingerprint density at radius 2 is 1.96 bits per heavy atom. The minimum Gasteiger partial charge on any atom is -0.337 e. The lowest BCUT2D eigenvalue weighted by Crippen LogP contribution is -2.35. The summed E-state index contributed by atoms with van der Waals surface area (Å²) in [6, 6.07) is 3.10. The van der Waals surface area contributed by atoms with Gasteiger partial charge in [-0.15, -0.1) is 11.3 Å². The van der Waals surface area contributed by atoms with E-state index in [1.54, 1.807) is 16.2 Å². The number of amides is 1. The van der Waals surface area contributed by atoms with Crippen molar-refractivity contribution in [3.05, 3.63) is 51.5 Å². The Morgan fingerprint density at radius 1 is 1.19 bits per heavy atom. The van der Waals surface area contributed by atoms with Crippen LogP contribution < -0.4 is 0 Å². The maximum absolute atomic E-state index is 13.9. The summed E-state index contributed by atoms with van der Waals surface area (Å²) in [4.78, 5) is 21.3. The molecule has 7 heteroatoms. The largest absolute Gasteiger partial charge is 0.337 e. The summed E-state index contributed by atoms with van der Waals surface area (Å²) in [6.07, 6.45) is 0.810. The molecule has 1 aliphatic rings. The first-order chi connectivity index (χ1) is 12.7. The molecule has 1 aromatic carbocycles. The van der Waals surface area contributed by atoms with Crippen molar-refractivity contribution in [3.8, 4) is 0 Å². The molecule has 0 unspecified atom stereocenters. The molecule has 2 heterocycles. The molecule has 1 saturated heterocycles. The highest BCUT2D eigenvalue weighted by Crippen LogP contribution is 2.26. The van der Waals surface area contributed by atoms with Gasteiger partial charge in [-0.1, -0.05) is 20.8 Å². The molecule has 146 valence electrons. The van der Waals surface area contributed by atoms with Crippen LogP contribution in [0.4, 0.5) is 8.78 Å². The standard InChI is InChI=1S/C20H25F2N3OS/c1-20(2,3)19-23-15(13-27-19)12-24-7-4-8-25(10-9-24)18(26)16-6-5-14(21)11-17(16)22/h5-6,11,13H,4,7-10,12H2,1-3H3. The van der Waals surface area contributed by atoms with Crippen LogP contribution in [0.25, 0.3) is 0 Å². The van der Waals surface area contributed by atoms with E-state index in [0.29, 0.717) is 19.6 Å². The molecule has 0 bridgehead atoms. The number of halogens is 2. The third-order valence-electron chi connectivity index (χ3n) is 4.62. The summed E-state index contributed by atoms with van der Waals surface area (Å²) in [6.45, 7) is 9.86. The summed E-state index contributed by atoms with van der Waals surface area (Å²) < 4.78 is 27.0. The van der Waals surface area contributed by atoms with Gasteiger partial charge in [0.2, 0.25) is 0 Å². The average molecular weight is 394 g/mol. The molecule has 1 amide bonds. The molecule has 1 fully saturated rings. The van der Waals surface area contributed by atoms with Crippen LogP contribution in [-0.4, -0.2) is 46.9 Å². The summed E-state index contributed by atoms with van der Waals surface area (Å²) in [5, 5.41) is 3.22. The number of benzene rings is 1. The van der Waals surface area contributed by atoms with E-state index in [1.165, 1.54) is 6.07 Å². The summed E-state index contributed by atoms with van der Waals surface area (Å²) >= 11 is 1.68. The molecule has 4 nitrogen and oxygen atoms in total. The number of rotatable bonds is 3. The van der Waals surface area contributed by atoms with Gasteiger partial charge in [0, 0.05) is 49.6 Å². The Labute approximate surface area is 162 Å². The van der Waals surface area contributed by atoms with Gasteiger partial charge in [-0.25, -0.2) is 13.8 Å². The van der Waals surface area contributed by atoms with Gasteiger partial charge >= 0.3 is 0 Å². The first-order valence-electron chi connectivity index (χ1n) is 9.15. The molecule has 27 heavy (non-hydrogen) atoms. The average Bonchev–Trinajstić information content (AvgIpc) is 2.94. The van der Waals surface area contributed by atoms with E-state index in [1.807, 2.05) is 0 Å². The Kier molecular flexibility index (Phi) is 5.91. The molecule has 0 atom stereocenters. The van der Waals surface area contributed by atoms with E-state index < -0.39 is 11.6 Å². The highest BCUT2D eigenvalue weighted by molar-refractivity contribution is 7.09. The van der Waals surface area contributed by atoms with Crippen LogP contribution in [0, 0.1) is 11.6 Å². The maximum Gasteiger partial charge on any atom is 0.256 e. The number of thiazole rings is 1. The number of hydrogen-bond acceptors (Lipinski definition) is 4. The van der Waals surface area contributed by atoms with Gasteiger partial charge in [-0.2, -0.15) is 0 Å². The van der Waals surface area contributed by atoms with E-state index in [0.717, 1.165) is 42.3 Å². The SMILES string of the molecule is CC(C)(C)c1nc(CN2CCCN(C(=O)c3ccc(F)cc3F)CC2)cs1. The van der Waals surface area contributed by atoms with E-state index in [2.05, 4.69) is 31.1 Å². The van der Waals surface area contributed by atoms with Crippen LogP contribution in [0.5, 0.6) is 0 Å². The predicted molar refractivity (Wildman–Crippen MR) is 103 cm³/mol. The lowest BCUT2D eigenvalue weighted by atomic mass is 9.98. The third-order valence-corrected chi connectivity index (χ3v) is 5.93. The van der Waals surface area contributed by atoms with Crippen molar-refractivity contribution < 1.29 is 13.6 Å². The Hall–Kier alpha value is -1.86. The fraction of sp³-hybridized carbons (Fsp3) is 0.500. The molecular formula is C20H25F2N3OS. The van der Waals surface area contributed by atoms with Crippen LogP contribution >= 0.6 is 11.3 Å². The van der Waals surface area contributed by atoms with Crippen molar-refractivity contribution in [2.75, 3.05) is 26.2 Å². The van der Waals surface area contributed by atoms with Gasteiger partial charge in [-0.3, -0.25) is 9.69 Å². The van der Waals surface area contributed by atoms with E-state index in [4.69, 9.17) is 4.98 Å². The van der Waals surface area contributed by atoms with Crippen LogP contribution in [0.15, 0.2) is 23.6 Å². The van der Waals surface area contributed by atoms with E-state index in [9.17, 15) is 13.6 Å². The zero-order valence-corrected chi connectivity index (χ0v) is 16.8. The summed E-state index contributed by atoms with van der Waals surface area (Å²) in [5.74, 6) is -1.86. The van der Waals surface area contributed by atoms with Crippen molar-refractivity contribution in [2.24, 2.45) is 0 Å². The summed E-state index contributed by atoms with van der Waals surface area (Å²) in [7, 11) is 0. The van der Waals surface area contributed by atoms with Crippen molar-refractivity contribution in [1.82, 2.24) is 14.8 Å². The first kappa shape index (κ1) is 19.9. The summed E-state index contributed by atoms with van der Waals surface area (Å²) in [5.41, 5.74) is 1.03. The molecule has 3 rings (SSSR count). The second kappa shape index (κ2) is 8.02. The second-order valence-corrected chi connectivity index (χ2v) is 8.80. The van der Waals surface area contributed by atoms with Crippen molar-refractivity contribution in [1.29, 1.82) is 0 Å². The van der Waals surface area contributed by atoms with Crippen LogP contribution in [0.2, 0.25) is 0 Å². The zero-order chi connectivity index (χ0) is 19.6. The van der Waals surface area contributed by atoms with Gasteiger partial charge in [0.25, 0.3) is 5.91 Å². The van der Waals surface area contributed by atoms with Crippen LogP contribution in [0.1, 0.15) is 48.3 Å². The smallest absolute Gasteiger partial charge is 0.256 e. The highest BCUT2D eigenvalue weighted by atomic mass is 32.1. The Morgan fingerprint density at radius 3 is 2.63 bits per heavy atom. The Bertz CT molecular complexity index is 816. The quantitative estimate of drug-likeness (QED) is 0.789. The molecule has 0 spiro atoms. The molecule has 0 saturated carbocycles. The monoisotopic (exact) mass is 393 g/mol. The number of carbonyl (C=O) groups is 1. The fourth-order valence-electron chi connectivity index (χ4n) is 3.12. The molecule has 1 aromatic heterocycles. The number of hydrogen-bond donors (Lipinski definition) is 0. The molecule has 1 aliphatic heterocycles. The zero-order valence-electron chi connectivity index (χ0n) is 16.0. The molecular weight excluding hydrogens is 368 g/mol. The topological polar surface area (TPSA) is 36.4 Å². The fourth-order valence-corrected chi connectivity index (χ4v) is 4.02. The highest BCUT2D eigenvalue weighted by Gasteiger charge is 2.24. The van der Waals surface area contributed by atoms with Crippen LogP contribution in [0.3, 0.4) is 0 Å². The van der Waals surface area contributed by atoms with Crippen LogP contribution in [-0.2, 0) is 12.0 Å². The van der Waals surface area contributed by atoms with Crippen molar-refractivity contribution in [2.45, 2.75) is 39.2 Å². The Balaban J connectivity index is 1.62. The molecule has 0 radical (unpaired) electrons. The number of nitrogens with zero attached hydrogens (tertiary/aromatic N) is 3.